The number of nitrogens with zero attached hydrogens (tertiary/aromatic N) is 2. The minimum absolute atomic E-state index is 0.380. The number of hydrogen-bond acceptors (Lipinski definition) is 6. The maximum absolute atomic E-state index is 12.0. The molecule has 2 rings (SSSR count). The van der Waals surface area contributed by atoms with Crippen LogP contribution in [0.1, 0.15) is 21.5 Å². The summed E-state index contributed by atoms with van der Waals surface area (Å²) in [7, 11) is 9.77. The number of ether oxygens (including phenoxy) is 4. The van der Waals surface area contributed by atoms with Gasteiger partial charge in [0.1, 0.15) is 22.8 Å². The summed E-state index contributed by atoms with van der Waals surface area (Å²) in [5.41, 5.74) is 2.28. The van der Waals surface area contributed by atoms with E-state index >= 15 is 0 Å². The Labute approximate surface area is 177 Å². The van der Waals surface area contributed by atoms with E-state index in [4.69, 9.17) is 18.9 Å². The SMILES string of the molecule is CN=C(NCc1ccc(OC)c(C(=O)OC)c1)N(C)Cc1ccc(OC)cc1OC. The Balaban J connectivity index is 2.10. The first-order chi connectivity index (χ1) is 14.5. The zero-order valence-corrected chi connectivity index (χ0v) is 18.3. The largest absolute Gasteiger partial charge is 0.497 e. The van der Waals surface area contributed by atoms with Crippen molar-refractivity contribution in [2.24, 2.45) is 4.99 Å². The lowest BCUT2D eigenvalue weighted by molar-refractivity contribution is 0.0597. The normalized spacial score (nSPS) is 10.9. The first kappa shape index (κ1) is 22.9. The second kappa shape index (κ2) is 10.9. The topological polar surface area (TPSA) is 81.6 Å². The van der Waals surface area contributed by atoms with Crippen LogP contribution < -0.4 is 19.5 Å². The van der Waals surface area contributed by atoms with E-state index in [0.29, 0.717) is 30.4 Å². The van der Waals surface area contributed by atoms with E-state index in [1.165, 1.54) is 14.2 Å². The molecule has 1 N–H and O–H groups in total. The molecule has 0 aromatic heterocycles. The minimum atomic E-state index is -0.443. The molecule has 0 bridgehead atoms. The van der Waals surface area contributed by atoms with Crippen LogP contribution in [0, 0.1) is 0 Å². The van der Waals surface area contributed by atoms with E-state index in [1.807, 2.05) is 36.2 Å². The third-order valence-electron chi connectivity index (χ3n) is 4.59. The molecular formula is C22H29N3O5. The van der Waals surface area contributed by atoms with Crippen LogP contribution in [0.3, 0.4) is 0 Å². The quantitative estimate of drug-likeness (QED) is 0.403. The molecule has 162 valence electrons. The molecule has 0 saturated heterocycles. The number of esters is 1. The van der Waals surface area contributed by atoms with Gasteiger partial charge in [0.2, 0.25) is 0 Å². The molecule has 8 heteroatoms. The molecule has 0 saturated carbocycles. The Morgan fingerprint density at radius 1 is 1.00 bits per heavy atom. The molecule has 2 aromatic carbocycles. The van der Waals surface area contributed by atoms with Crippen molar-refractivity contribution in [1.29, 1.82) is 0 Å². The van der Waals surface area contributed by atoms with Crippen molar-refractivity contribution in [3.05, 3.63) is 53.1 Å². The zero-order valence-electron chi connectivity index (χ0n) is 18.3. The summed E-state index contributed by atoms with van der Waals surface area (Å²) in [6.45, 7) is 1.06. The highest BCUT2D eigenvalue weighted by Crippen LogP contribution is 2.25. The highest BCUT2D eigenvalue weighted by atomic mass is 16.5. The van der Waals surface area contributed by atoms with Gasteiger partial charge in [-0.15, -0.1) is 0 Å². The molecule has 0 heterocycles. The molecule has 0 radical (unpaired) electrons. The molecule has 0 unspecified atom stereocenters. The van der Waals surface area contributed by atoms with Gasteiger partial charge in [0.15, 0.2) is 5.96 Å². The van der Waals surface area contributed by atoms with Crippen molar-refractivity contribution in [2.75, 3.05) is 42.5 Å². The van der Waals surface area contributed by atoms with Gasteiger partial charge >= 0.3 is 5.97 Å². The molecule has 8 nitrogen and oxygen atoms in total. The van der Waals surface area contributed by atoms with Crippen LogP contribution in [0.2, 0.25) is 0 Å². The molecule has 0 atom stereocenters. The zero-order chi connectivity index (χ0) is 22.1. The lowest BCUT2D eigenvalue weighted by atomic mass is 10.1. The van der Waals surface area contributed by atoms with Gasteiger partial charge in [-0.25, -0.2) is 4.79 Å². The Kier molecular flexibility index (Phi) is 8.34. The molecule has 0 aliphatic rings. The van der Waals surface area contributed by atoms with E-state index in [-0.39, 0.29) is 0 Å². The average molecular weight is 415 g/mol. The summed E-state index contributed by atoms with van der Waals surface area (Å²) < 4.78 is 20.8. The molecule has 0 aliphatic carbocycles. The number of aliphatic imine (C=N–C) groups is 1. The lowest BCUT2D eigenvalue weighted by Gasteiger charge is -2.23. The van der Waals surface area contributed by atoms with Crippen molar-refractivity contribution in [3.63, 3.8) is 0 Å². The first-order valence-electron chi connectivity index (χ1n) is 9.35. The maximum atomic E-state index is 12.0. The van der Waals surface area contributed by atoms with Gasteiger partial charge in [-0.2, -0.15) is 0 Å². The fourth-order valence-corrected chi connectivity index (χ4v) is 3.01. The maximum Gasteiger partial charge on any atom is 0.341 e. The van der Waals surface area contributed by atoms with Crippen molar-refractivity contribution in [2.45, 2.75) is 13.1 Å². The van der Waals surface area contributed by atoms with E-state index < -0.39 is 5.97 Å². The number of carbonyl (C=O) groups excluding carboxylic acids is 1. The van der Waals surface area contributed by atoms with Crippen molar-refractivity contribution in [1.82, 2.24) is 10.2 Å². The average Bonchev–Trinajstić information content (AvgIpc) is 2.78. The van der Waals surface area contributed by atoms with Gasteiger partial charge in [-0.05, 0) is 29.8 Å². The predicted octanol–water partition coefficient (Wildman–Crippen LogP) is 2.71. The smallest absolute Gasteiger partial charge is 0.341 e. The molecule has 0 aliphatic heterocycles. The van der Waals surface area contributed by atoms with Crippen molar-refractivity contribution in [3.8, 4) is 17.2 Å². The summed E-state index contributed by atoms with van der Waals surface area (Å²) in [4.78, 5) is 18.3. The van der Waals surface area contributed by atoms with Gasteiger partial charge in [0.05, 0.1) is 28.4 Å². The second-order valence-corrected chi connectivity index (χ2v) is 6.46. The van der Waals surface area contributed by atoms with Crippen LogP contribution in [-0.2, 0) is 17.8 Å². The fourth-order valence-electron chi connectivity index (χ4n) is 3.01. The number of nitrogens with one attached hydrogen (secondary N) is 1. The molecule has 0 fully saturated rings. The van der Waals surface area contributed by atoms with E-state index in [1.54, 1.807) is 33.4 Å². The Morgan fingerprint density at radius 2 is 1.73 bits per heavy atom. The van der Waals surface area contributed by atoms with Gasteiger partial charge < -0.3 is 29.2 Å². The predicted molar refractivity (Wildman–Crippen MR) is 116 cm³/mol. The van der Waals surface area contributed by atoms with Crippen LogP contribution in [0.15, 0.2) is 41.4 Å². The summed E-state index contributed by atoms with van der Waals surface area (Å²) in [5.74, 6) is 2.21. The molecule has 0 amide bonds. The van der Waals surface area contributed by atoms with Gasteiger partial charge in [0.25, 0.3) is 0 Å². The summed E-state index contributed by atoms with van der Waals surface area (Å²) in [6.07, 6.45) is 0. The van der Waals surface area contributed by atoms with Crippen LogP contribution in [0.5, 0.6) is 17.2 Å². The van der Waals surface area contributed by atoms with Crippen LogP contribution >= 0.6 is 0 Å². The van der Waals surface area contributed by atoms with Crippen LogP contribution in [-0.4, -0.2) is 59.4 Å². The number of benzene rings is 2. The number of rotatable bonds is 8. The summed E-state index contributed by atoms with van der Waals surface area (Å²) >= 11 is 0. The number of carbonyl (C=O) groups is 1. The fraction of sp³-hybridized carbons (Fsp3) is 0.364. The van der Waals surface area contributed by atoms with E-state index in [2.05, 4.69) is 10.3 Å². The van der Waals surface area contributed by atoms with Crippen molar-refractivity contribution >= 4 is 11.9 Å². The Morgan fingerprint density at radius 3 is 2.33 bits per heavy atom. The highest BCUT2D eigenvalue weighted by Gasteiger charge is 2.15. The Bertz CT molecular complexity index is 898. The second-order valence-electron chi connectivity index (χ2n) is 6.46. The number of methoxy groups -OCH3 is 4. The third kappa shape index (κ3) is 5.56. The molecular weight excluding hydrogens is 386 g/mol. The van der Waals surface area contributed by atoms with Gasteiger partial charge in [-0.1, -0.05) is 6.07 Å². The molecule has 0 spiro atoms. The summed E-state index contributed by atoms with van der Waals surface area (Å²) in [6, 6.07) is 11.1. The van der Waals surface area contributed by atoms with Gasteiger partial charge in [-0.3, -0.25) is 4.99 Å². The Hall–Kier alpha value is -3.42. The first-order valence-corrected chi connectivity index (χ1v) is 9.35. The molecule has 2 aromatic rings. The third-order valence-corrected chi connectivity index (χ3v) is 4.59. The van der Waals surface area contributed by atoms with E-state index in [0.717, 1.165) is 22.6 Å². The van der Waals surface area contributed by atoms with Gasteiger partial charge in [0, 0.05) is 38.8 Å². The van der Waals surface area contributed by atoms with Crippen molar-refractivity contribution < 1.29 is 23.7 Å². The summed E-state index contributed by atoms with van der Waals surface area (Å²) in [5, 5.41) is 3.30. The number of guanidine groups is 1. The minimum Gasteiger partial charge on any atom is -0.497 e. The number of hydrogen-bond donors (Lipinski definition) is 1. The highest BCUT2D eigenvalue weighted by molar-refractivity contribution is 5.92. The van der Waals surface area contributed by atoms with Crippen LogP contribution in [0.25, 0.3) is 0 Å². The lowest BCUT2D eigenvalue weighted by Crippen LogP contribution is -2.38. The van der Waals surface area contributed by atoms with Crippen LogP contribution in [0.4, 0.5) is 0 Å². The standard InChI is InChI=1S/C22H29N3O5/c1-23-22(25(2)14-16-8-9-17(27-3)12-20(16)29-5)24-13-15-7-10-19(28-4)18(11-15)21(26)30-6/h7-12H,13-14H2,1-6H3,(H,23,24). The monoisotopic (exact) mass is 415 g/mol. The molecule has 30 heavy (non-hydrogen) atoms. The van der Waals surface area contributed by atoms with E-state index in [9.17, 15) is 4.79 Å².